The standard InChI is InChI=1S/C13H17FN2O3.ClH/c14-11-5-9(1-2-10(11)7-17)6-16-13(18)12-8-19-4-3-15-12;/h1-2,5,12,15,17H,3-4,6-8H2,(H,16,18);1H. The summed E-state index contributed by atoms with van der Waals surface area (Å²) < 4.78 is 18.6. The van der Waals surface area contributed by atoms with Gasteiger partial charge in [0, 0.05) is 18.7 Å². The van der Waals surface area contributed by atoms with Crippen LogP contribution in [0.25, 0.3) is 0 Å². The molecule has 1 aromatic carbocycles. The topological polar surface area (TPSA) is 70.6 Å². The zero-order valence-electron chi connectivity index (χ0n) is 10.9. The van der Waals surface area contributed by atoms with Gasteiger partial charge in [-0.3, -0.25) is 4.79 Å². The van der Waals surface area contributed by atoms with Crippen molar-refractivity contribution in [3.63, 3.8) is 0 Å². The molecule has 20 heavy (non-hydrogen) atoms. The second-order valence-electron chi connectivity index (χ2n) is 4.38. The smallest absolute Gasteiger partial charge is 0.239 e. The van der Waals surface area contributed by atoms with Gasteiger partial charge < -0.3 is 20.5 Å². The van der Waals surface area contributed by atoms with E-state index in [9.17, 15) is 9.18 Å². The summed E-state index contributed by atoms with van der Waals surface area (Å²) in [6.07, 6.45) is 0. The second kappa shape index (κ2) is 8.16. The zero-order valence-corrected chi connectivity index (χ0v) is 11.7. The Bertz CT molecular complexity index is 453. The number of carbonyl (C=O) groups excluding carboxylic acids is 1. The van der Waals surface area contributed by atoms with E-state index in [-0.39, 0.29) is 43.1 Å². The number of aliphatic hydroxyl groups is 1. The van der Waals surface area contributed by atoms with E-state index in [1.165, 1.54) is 12.1 Å². The van der Waals surface area contributed by atoms with Gasteiger partial charge in [0.2, 0.25) is 5.91 Å². The van der Waals surface area contributed by atoms with Crippen molar-refractivity contribution < 1.29 is 19.0 Å². The highest BCUT2D eigenvalue weighted by Gasteiger charge is 2.20. The molecule has 0 aliphatic carbocycles. The summed E-state index contributed by atoms with van der Waals surface area (Å²) in [5, 5.41) is 14.6. The molecule has 5 nitrogen and oxygen atoms in total. The van der Waals surface area contributed by atoms with Gasteiger partial charge in [0.05, 0.1) is 19.8 Å². The van der Waals surface area contributed by atoms with Crippen LogP contribution < -0.4 is 10.6 Å². The van der Waals surface area contributed by atoms with Crippen LogP contribution in [0.3, 0.4) is 0 Å². The number of hydrogen-bond acceptors (Lipinski definition) is 4. The Morgan fingerprint density at radius 2 is 2.35 bits per heavy atom. The number of benzene rings is 1. The van der Waals surface area contributed by atoms with Crippen LogP contribution >= 0.6 is 12.4 Å². The molecule has 1 heterocycles. The average molecular weight is 305 g/mol. The molecule has 1 atom stereocenters. The summed E-state index contributed by atoms with van der Waals surface area (Å²) in [6.45, 7) is 1.53. The van der Waals surface area contributed by atoms with Gasteiger partial charge in [0.15, 0.2) is 0 Å². The number of halogens is 2. The Balaban J connectivity index is 0.00000200. The normalized spacial score (nSPS) is 18.2. The SMILES string of the molecule is Cl.O=C(NCc1ccc(CO)c(F)c1)C1COCCN1. The van der Waals surface area contributed by atoms with Gasteiger partial charge in [-0.05, 0) is 11.6 Å². The van der Waals surface area contributed by atoms with Crippen molar-refractivity contribution >= 4 is 18.3 Å². The molecule has 1 aliphatic heterocycles. The number of rotatable bonds is 4. The van der Waals surface area contributed by atoms with E-state index in [1.54, 1.807) is 6.07 Å². The van der Waals surface area contributed by atoms with E-state index in [4.69, 9.17) is 9.84 Å². The molecule has 112 valence electrons. The molecule has 1 fully saturated rings. The van der Waals surface area contributed by atoms with Crippen LogP contribution in [0.1, 0.15) is 11.1 Å². The van der Waals surface area contributed by atoms with E-state index in [0.29, 0.717) is 25.3 Å². The molecule has 1 aromatic rings. The summed E-state index contributed by atoms with van der Waals surface area (Å²) in [7, 11) is 0. The molecule has 0 radical (unpaired) electrons. The number of nitrogens with one attached hydrogen (secondary N) is 2. The first-order valence-corrected chi connectivity index (χ1v) is 6.17. The third-order valence-electron chi connectivity index (χ3n) is 2.99. The highest BCUT2D eigenvalue weighted by Crippen LogP contribution is 2.10. The molecular formula is C13H18ClFN2O3. The molecule has 0 spiro atoms. The fourth-order valence-corrected chi connectivity index (χ4v) is 1.88. The van der Waals surface area contributed by atoms with E-state index in [1.807, 2.05) is 0 Å². The lowest BCUT2D eigenvalue weighted by Crippen LogP contribution is -2.51. The number of morpholine rings is 1. The zero-order chi connectivity index (χ0) is 13.7. The number of amides is 1. The van der Waals surface area contributed by atoms with Gasteiger partial charge in [-0.1, -0.05) is 12.1 Å². The number of ether oxygens (including phenoxy) is 1. The predicted molar refractivity (Wildman–Crippen MR) is 74.0 cm³/mol. The van der Waals surface area contributed by atoms with E-state index >= 15 is 0 Å². The van der Waals surface area contributed by atoms with Crippen LogP contribution in [-0.2, 0) is 22.7 Å². The van der Waals surface area contributed by atoms with Gasteiger partial charge in [-0.25, -0.2) is 4.39 Å². The fraction of sp³-hybridized carbons (Fsp3) is 0.462. The minimum absolute atomic E-state index is 0. The summed E-state index contributed by atoms with van der Waals surface area (Å²) >= 11 is 0. The molecule has 0 bridgehead atoms. The maximum atomic E-state index is 13.4. The molecular weight excluding hydrogens is 287 g/mol. The van der Waals surface area contributed by atoms with Crippen LogP contribution in [-0.4, -0.2) is 36.8 Å². The van der Waals surface area contributed by atoms with Gasteiger partial charge in [0.25, 0.3) is 0 Å². The van der Waals surface area contributed by atoms with E-state index in [2.05, 4.69) is 10.6 Å². The van der Waals surface area contributed by atoms with E-state index in [0.717, 1.165) is 0 Å². The highest BCUT2D eigenvalue weighted by molar-refractivity contribution is 5.85. The van der Waals surface area contributed by atoms with Gasteiger partial charge in [-0.2, -0.15) is 0 Å². The summed E-state index contributed by atoms with van der Waals surface area (Å²) in [6, 6.07) is 4.16. The van der Waals surface area contributed by atoms with Crippen LogP contribution in [0.2, 0.25) is 0 Å². The van der Waals surface area contributed by atoms with Crippen LogP contribution in [0.5, 0.6) is 0 Å². The third-order valence-corrected chi connectivity index (χ3v) is 2.99. The molecule has 7 heteroatoms. The van der Waals surface area contributed by atoms with Crippen molar-refractivity contribution in [2.75, 3.05) is 19.8 Å². The van der Waals surface area contributed by atoms with E-state index < -0.39 is 5.82 Å². The Morgan fingerprint density at radius 1 is 1.55 bits per heavy atom. The molecule has 1 aliphatic rings. The Kier molecular flexibility index (Phi) is 6.87. The molecule has 3 N–H and O–H groups in total. The monoisotopic (exact) mass is 304 g/mol. The molecule has 0 aromatic heterocycles. The minimum Gasteiger partial charge on any atom is -0.392 e. The first-order chi connectivity index (χ1) is 9.20. The van der Waals surface area contributed by atoms with Crippen molar-refractivity contribution in [1.82, 2.24) is 10.6 Å². The molecule has 1 unspecified atom stereocenters. The van der Waals surface area contributed by atoms with Crippen LogP contribution in [0.15, 0.2) is 18.2 Å². The molecule has 1 saturated heterocycles. The first kappa shape index (κ1) is 16.8. The van der Waals surface area contributed by atoms with Crippen molar-refractivity contribution in [1.29, 1.82) is 0 Å². The first-order valence-electron chi connectivity index (χ1n) is 6.17. The maximum absolute atomic E-state index is 13.4. The Labute approximate surface area is 122 Å². The largest absolute Gasteiger partial charge is 0.392 e. The summed E-state index contributed by atoms with van der Waals surface area (Å²) in [5.74, 6) is -0.625. The lowest BCUT2D eigenvalue weighted by atomic mass is 10.1. The van der Waals surface area contributed by atoms with Crippen molar-refractivity contribution in [3.8, 4) is 0 Å². The molecule has 2 rings (SSSR count). The quantitative estimate of drug-likeness (QED) is 0.750. The number of carbonyl (C=O) groups is 1. The lowest BCUT2D eigenvalue weighted by molar-refractivity contribution is -0.126. The third kappa shape index (κ3) is 4.42. The van der Waals surface area contributed by atoms with Crippen LogP contribution in [0.4, 0.5) is 4.39 Å². The Hall–Kier alpha value is -1.21. The number of aliphatic hydroxyl groups excluding tert-OH is 1. The maximum Gasteiger partial charge on any atom is 0.239 e. The average Bonchev–Trinajstić information content (AvgIpc) is 2.46. The van der Waals surface area contributed by atoms with Crippen molar-refractivity contribution in [2.45, 2.75) is 19.2 Å². The molecule has 1 amide bonds. The van der Waals surface area contributed by atoms with Gasteiger partial charge >= 0.3 is 0 Å². The number of hydrogen-bond donors (Lipinski definition) is 3. The lowest BCUT2D eigenvalue weighted by Gasteiger charge is -2.22. The molecule has 0 saturated carbocycles. The second-order valence-corrected chi connectivity index (χ2v) is 4.38. The highest BCUT2D eigenvalue weighted by atomic mass is 35.5. The van der Waals surface area contributed by atoms with Crippen molar-refractivity contribution in [2.24, 2.45) is 0 Å². The minimum atomic E-state index is -0.464. The van der Waals surface area contributed by atoms with Crippen molar-refractivity contribution in [3.05, 3.63) is 35.1 Å². The summed E-state index contributed by atoms with van der Waals surface area (Å²) in [5.41, 5.74) is 0.900. The van der Waals surface area contributed by atoms with Gasteiger partial charge in [0.1, 0.15) is 11.9 Å². The summed E-state index contributed by atoms with van der Waals surface area (Å²) in [4.78, 5) is 11.8. The predicted octanol–water partition coefficient (Wildman–Crippen LogP) is 0.344. The fourth-order valence-electron chi connectivity index (χ4n) is 1.88. The van der Waals surface area contributed by atoms with Crippen LogP contribution in [0, 0.1) is 5.82 Å². The van der Waals surface area contributed by atoms with Gasteiger partial charge in [-0.15, -0.1) is 12.4 Å². The Morgan fingerprint density at radius 3 is 2.95 bits per heavy atom.